The minimum atomic E-state index is 0.593. The average Bonchev–Trinajstić information content (AvgIpc) is 2.39. The number of ether oxygens (including phenoxy) is 2. The lowest BCUT2D eigenvalue weighted by Gasteiger charge is -2.14. The third-order valence-electron chi connectivity index (χ3n) is 2.47. The van der Waals surface area contributed by atoms with E-state index in [0.717, 1.165) is 36.6 Å². The molecule has 1 aromatic rings. The van der Waals surface area contributed by atoms with Crippen LogP contribution in [0.1, 0.15) is 19.8 Å². The number of unbranched alkanes of at least 4 members (excludes halogenated alkanes) is 1. The molecule has 0 spiro atoms. The molecule has 0 fully saturated rings. The van der Waals surface area contributed by atoms with Crippen LogP contribution in [-0.2, 0) is 0 Å². The molecule has 0 aliphatic carbocycles. The molecule has 0 atom stereocenters. The summed E-state index contributed by atoms with van der Waals surface area (Å²) in [7, 11) is 3.25. The zero-order chi connectivity index (χ0) is 13.4. The fraction of sp³-hybridized carbons (Fsp3) is 0.462. The molecule has 0 aliphatic rings. The van der Waals surface area contributed by atoms with E-state index in [2.05, 4.69) is 17.6 Å². The number of anilines is 1. The van der Waals surface area contributed by atoms with E-state index in [1.807, 2.05) is 18.2 Å². The summed E-state index contributed by atoms with van der Waals surface area (Å²) in [4.78, 5) is 0. The quantitative estimate of drug-likeness (QED) is 0.613. The van der Waals surface area contributed by atoms with Crippen LogP contribution in [0.4, 0.5) is 5.69 Å². The molecule has 0 radical (unpaired) electrons. The number of methoxy groups -OCH3 is 2. The third-order valence-corrected chi connectivity index (χ3v) is 2.72. The molecule has 0 saturated heterocycles. The summed E-state index contributed by atoms with van der Waals surface area (Å²) in [6, 6.07) is 5.54. The SMILES string of the molecule is CCCCNC(=S)Nc1cc(OC)ccc1OC. The molecule has 4 nitrogen and oxygen atoms in total. The van der Waals surface area contributed by atoms with Gasteiger partial charge in [0.2, 0.25) is 0 Å². The number of benzene rings is 1. The van der Waals surface area contributed by atoms with E-state index in [1.54, 1.807) is 14.2 Å². The first kappa shape index (κ1) is 14.6. The van der Waals surface area contributed by atoms with Gasteiger partial charge in [-0.2, -0.15) is 0 Å². The lowest BCUT2D eigenvalue weighted by atomic mass is 10.2. The van der Waals surface area contributed by atoms with Crippen LogP contribution in [0.5, 0.6) is 11.5 Å². The number of nitrogens with one attached hydrogen (secondary N) is 2. The zero-order valence-electron chi connectivity index (χ0n) is 11.1. The molecule has 0 unspecified atom stereocenters. The highest BCUT2D eigenvalue weighted by molar-refractivity contribution is 7.80. The minimum absolute atomic E-state index is 0.593. The second kappa shape index (κ2) is 7.76. The van der Waals surface area contributed by atoms with Crippen molar-refractivity contribution in [2.24, 2.45) is 0 Å². The van der Waals surface area contributed by atoms with Crippen LogP contribution in [0.2, 0.25) is 0 Å². The highest BCUT2D eigenvalue weighted by Gasteiger charge is 2.06. The van der Waals surface area contributed by atoms with E-state index in [-0.39, 0.29) is 0 Å². The Morgan fingerprint density at radius 3 is 2.67 bits per heavy atom. The summed E-state index contributed by atoms with van der Waals surface area (Å²) in [5.74, 6) is 1.49. The molecule has 0 aliphatic heterocycles. The zero-order valence-corrected chi connectivity index (χ0v) is 11.9. The molecule has 1 aromatic carbocycles. The largest absolute Gasteiger partial charge is 0.497 e. The molecule has 0 bridgehead atoms. The van der Waals surface area contributed by atoms with Crippen LogP contribution in [-0.4, -0.2) is 25.9 Å². The average molecular weight is 268 g/mol. The molecule has 0 amide bonds. The van der Waals surface area contributed by atoms with Crippen molar-refractivity contribution in [1.29, 1.82) is 0 Å². The van der Waals surface area contributed by atoms with Gasteiger partial charge >= 0.3 is 0 Å². The van der Waals surface area contributed by atoms with E-state index in [4.69, 9.17) is 21.7 Å². The van der Waals surface area contributed by atoms with Gasteiger partial charge in [-0.05, 0) is 30.8 Å². The van der Waals surface area contributed by atoms with E-state index in [0.29, 0.717) is 5.11 Å². The summed E-state index contributed by atoms with van der Waals surface area (Å²) < 4.78 is 10.4. The molecule has 0 heterocycles. The van der Waals surface area contributed by atoms with Crippen LogP contribution in [0.25, 0.3) is 0 Å². The number of hydrogen-bond donors (Lipinski definition) is 2. The van der Waals surface area contributed by atoms with Crippen molar-refractivity contribution in [2.45, 2.75) is 19.8 Å². The van der Waals surface area contributed by atoms with Gasteiger partial charge in [0.05, 0.1) is 19.9 Å². The molecule has 5 heteroatoms. The van der Waals surface area contributed by atoms with Crippen LogP contribution in [0.15, 0.2) is 18.2 Å². The van der Waals surface area contributed by atoms with Gasteiger partial charge in [-0.3, -0.25) is 0 Å². The summed E-state index contributed by atoms with van der Waals surface area (Å²) in [6.07, 6.45) is 2.23. The van der Waals surface area contributed by atoms with Crippen molar-refractivity contribution >= 4 is 23.0 Å². The van der Waals surface area contributed by atoms with Crippen molar-refractivity contribution in [3.05, 3.63) is 18.2 Å². The summed E-state index contributed by atoms with van der Waals surface area (Å²) in [5.41, 5.74) is 0.797. The Balaban J connectivity index is 2.66. The molecular weight excluding hydrogens is 248 g/mol. The molecule has 18 heavy (non-hydrogen) atoms. The van der Waals surface area contributed by atoms with Gasteiger partial charge in [-0.25, -0.2) is 0 Å². The van der Waals surface area contributed by atoms with Crippen LogP contribution in [0, 0.1) is 0 Å². The molecule has 0 saturated carbocycles. The van der Waals surface area contributed by atoms with Crippen molar-refractivity contribution in [1.82, 2.24) is 5.32 Å². The second-order valence-electron chi connectivity index (χ2n) is 3.80. The van der Waals surface area contributed by atoms with Gasteiger partial charge in [-0.15, -0.1) is 0 Å². The van der Waals surface area contributed by atoms with Gasteiger partial charge in [0.15, 0.2) is 5.11 Å². The number of thiocarbonyl (C=S) groups is 1. The van der Waals surface area contributed by atoms with E-state index in [9.17, 15) is 0 Å². The van der Waals surface area contributed by atoms with Crippen molar-refractivity contribution in [3.63, 3.8) is 0 Å². The second-order valence-corrected chi connectivity index (χ2v) is 4.21. The molecule has 2 N–H and O–H groups in total. The topological polar surface area (TPSA) is 42.5 Å². The van der Waals surface area contributed by atoms with Crippen molar-refractivity contribution in [2.75, 3.05) is 26.1 Å². The molecule has 1 rings (SSSR count). The van der Waals surface area contributed by atoms with Crippen LogP contribution < -0.4 is 20.1 Å². The maximum atomic E-state index is 5.27. The molecular formula is C13H20N2O2S. The Bertz CT molecular complexity index is 397. The molecule has 100 valence electrons. The van der Waals surface area contributed by atoms with E-state index in [1.165, 1.54) is 0 Å². The van der Waals surface area contributed by atoms with Gasteiger partial charge in [-0.1, -0.05) is 13.3 Å². The molecule has 0 aromatic heterocycles. The first-order valence-electron chi connectivity index (χ1n) is 5.98. The minimum Gasteiger partial charge on any atom is -0.497 e. The van der Waals surface area contributed by atoms with Crippen molar-refractivity contribution in [3.8, 4) is 11.5 Å². The van der Waals surface area contributed by atoms with Crippen molar-refractivity contribution < 1.29 is 9.47 Å². The van der Waals surface area contributed by atoms with Gasteiger partial charge in [0, 0.05) is 12.6 Å². The third kappa shape index (κ3) is 4.41. The Labute approximate surface area is 114 Å². The highest BCUT2D eigenvalue weighted by atomic mass is 32.1. The fourth-order valence-corrected chi connectivity index (χ4v) is 1.67. The first-order valence-corrected chi connectivity index (χ1v) is 6.39. The normalized spacial score (nSPS) is 9.72. The number of rotatable bonds is 6. The first-order chi connectivity index (χ1) is 8.71. The highest BCUT2D eigenvalue weighted by Crippen LogP contribution is 2.28. The standard InChI is InChI=1S/C13H20N2O2S/c1-4-5-8-14-13(18)15-11-9-10(16-2)6-7-12(11)17-3/h6-7,9H,4-5,8H2,1-3H3,(H2,14,15,18). The summed E-state index contributed by atoms with van der Waals surface area (Å²) in [5, 5.41) is 6.85. The number of hydrogen-bond acceptors (Lipinski definition) is 3. The maximum absolute atomic E-state index is 5.27. The van der Waals surface area contributed by atoms with Crippen LogP contribution >= 0.6 is 12.2 Å². The maximum Gasteiger partial charge on any atom is 0.170 e. The predicted molar refractivity (Wildman–Crippen MR) is 78.7 cm³/mol. The Morgan fingerprint density at radius 2 is 2.06 bits per heavy atom. The lowest BCUT2D eigenvalue weighted by molar-refractivity contribution is 0.405. The smallest absolute Gasteiger partial charge is 0.170 e. The Morgan fingerprint density at radius 1 is 1.28 bits per heavy atom. The van der Waals surface area contributed by atoms with Gasteiger partial charge in [0.25, 0.3) is 0 Å². The fourth-order valence-electron chi connectivity index (χ4n) is 1.46. The summed E-state index contributed by atoms with van der Waals surface area (Å²) in [6.45, 7) is 3.01. The van der Waals surface area contributed by atoms with E-state index < -0.39 is 0 Å². The Hall–Kier alpha value is -1.49. The lowest BCUT2D eigenvalue weighted by Crippen LogP contribution is -2.29. The van der Waals surface area contributed by atoms with Crippen LogP contribution in [0.3, 0.4) is 0 Å². The van der Waals surface area contributed by atoms with Gasteiger partial charge < -0.3 is 20.1 Å². The summed E-state index contributed by atoms with van der Waals surface area (Å²) >= 11 is 5.22. The van der Waals surface area contributed by atoms with Gasteiger partial charge in [0.1, 0.15) is 11.5 Å². The predicted octanol–water partition coefficient (Wildman–Crippen LogP) is 2.79. The Kier molecular flexibility index (Phi) is 6.28. The monoisotopic (exact) mass is 268 g/mol. The van der Waals surface area contributed by atoms with E-state index >= 15 is 0 Å².